The maximum Gasteiger partial charge on any atom is 0.340 e. The number of carbonyl (C=O) groups excluding carboxylic acids is 3. The third-order valence-corrected chi connectivity index (χ3v) is 6.43. The van der Waals surface area contributed by atoms with Crippen LogP contribution in [-0.2, 0) is 24.6 Å². The first-order valence-electron chi connectivity index (χ1n) is 12.2. The average Bonchev–Trinajstić information content (AvgIpc) is 3.19. The predicted octanol–water partition coefficient (Wildman–Crippen LogP) is 2.30. The first-order valence-corrected chi connectivity index (χ1v) is 12.2. The third kappa shape index (κ3) is 4.97. The highest BCUT2D eigenvalue weighted by Crippen LogP contribution is 2.57. The Labute approximate surface area is 223 Å². The number of esters is 1. The number of nitrogens with one attached hydrogen (secondary N) is 1. The van der Waals surface area contributed by atoms with Gasteiger partial charge in [0, 0.05) is 47.4 Å². The van der Waals surface area contributed by atoms with Crippen LogP contribution >= 0.6 is 0 Å². The monoisotopic (exact) mass is 534 g/mol. The Morgan fingerprint density at radius 1 is 0.846 bits per heavy atom. The van der Waals surface area contributed by atoms with Crippen LogP contribution in [0.3, 0.4) is 0 Å². The predicted molar refractivity (Wildman–Crippen MR) is 136 cm³/mol. The minimum absolute atomic E-state index is 0.0383. The number of primary amides is 1. The molecule has 0 fully saturated rings. The van der Waals surface area contributed by atoms with Crippen molar-refractivity contribution < 1.29 is 43.5 Å². The average molecular weight is 535 g/mol. The van der Waals surface area contributed by atoms with E-state index in [0.717, 1.165) is 0 Å². The van der Waals surface area contributed by atoms with E-state index in [4.69, 9.17) is 24.7 Å². The molecule has 0 aromatic heterocycles. The molecule has 3 aromatic carbocycles. The fraction of sp³-hybridized carbons (Fsp3) is 0.250. The fourth-order valence-electron chi connectivity index (χ4n) is 4.68. The van der Waals surface area contributed by atoms with Gasteiger partial charge in [0.05, 0.1) is 32.0 Å². The maximum absolute atomic E-state index is 13.2. The van der Waals surface area contributed by atoms with Crippen LogP contribution in [0.5, 0.6) is 23.0 Å². The number of benzene rings is 3. The van der Waals surface area contributed by atoms with Crippen molar-refractivity contribution in [2.45, 2.75) is 12.0 Å². The molecule has 0 bridgehead atoms. The Bertz CT molecular complexity index is 1400. The number of rotatable bonds is 10. The molecule has 202 valence electrons. The summed E-state index contributed by atoms with van der Waals surface area (Å²) in [6.07, 6.45) is 0.144. The quantitative estimate of drug-likeness (QED) is 0.225. The number of hydrogen-bond donors (Lipinski definition) is 4. The summed E-state index contributed by atoms with van der Waals surface area (Å²) < 4.78 is 22.6. The summed E-state index contributed by atoms with van der Waals surface area (Å²) in [6, 6.07) is 13.7. The van der Waals surface area contributed by atoms with Gasteiger partial charge in [-0.15, -0.1) is 0 Å². The summed E-state index contributed by atoms with van der Waals surface area (Å²) in [5, 5.41) is 22.8. The summed E-state index contributed by atoms with van der Waals surface area (Å²) in [5.41, 5.74) is 5.63. The van der Waals surface area contributed by atoms with E-state index in [0.29, 0.717) is 29.9 Å². The van der Waals surface area contributed by atoms with E-state index in [1.54, 1.807) is 24.3 Å². The Morgan fingerprint density at radius 3 is 2.10 bits per heavy atom. The highest BCUT2D eigenvalue weighted by molar-refractivity contribution is 6.01. The van der Waals surface area contributed by atoms with E-state index in [-0.39, 0.29) is 60.3 Å². The Kier molecular flexibility index (Phi) is 7.09. The number of carbonyl (C=O) groups is 3. The van der Waals surface area contributed by atoms with Gasteiger partial charge in [-0.1, -0.05) is 6.07 Å². The molecule has 0 radical (unpaired) electrons. The highest BCUT2D eigenvalue weighted by Gasteiger charge is 2.53. The number of aromatic hydroxyl groups is 2. The minimum atomic E-state index is -1.39. The van der Waals surface area contributed by atoms with E-state index in [2.05, 4.69) is 5.32 Å². The Hall–Kier alpha value is -4.61. The number of amides is 2. The fourth-order valence-corrected chi connectivity index (χ4v) is 4.68. The second-order valence-electron chi connectivity index (χ2n) is 8.99. The van der Waals surface area contributed by atoms with Crippen molar-refractivity contribution in [3.8, 4) is 23.0 Å². The zero-order chi connectivity index (χ0) is 27.6. The number of ether oxygens (including phenoxy) is 4. The van der Waals surface area contributed by atoms with Gasteiger partial charge in [-0.05, 0) is 36.4 Å². The Morgan fingerprint density at radius 2 is 1.46 bits per heavy atom. The molecule has 2 aliphatic heterocycles. The van der Waals surface area contributed by atoms with Crippen LogP contribution in [0.25, 0.3) is 0 Å². The van der Waals surface area contributed by atoms with Crippen molar-refractivity contribution in [2.75, 3.05) is 33.0 Å². The van der Waals surface area contributed by atoms with Crippen LogP contribution < -0.4 is 15.8 Å². The van der Waals surface area contributed by atoms with Crippen LogP contribution in [0.1, 0.15) is 43.8 Å². The van der Waals surface area contributed by atoms with Gasteiger partial charge in [0.1, 0.15) is 23.0 Å². The molecule has 5 rings (SSSR count). The van der Waals surface area contributed by atoms with Crippen molar-refractivity contribution in [1.82, 2.24) is 5.32 Å². The van der Waals surface area contributed by atoms with E-state index in [1.807, 2.05) is 0 Å². The standard InChI is InChI=1S/C28H26N2O9/c29-25(33)7-9-36-11-12-37-10-8-30-26(34)16-1-4-20-19(13-16)27(35)39-28(20)21-5-2-17(31)14-23(21)38-24-15-18(32)3-6-22(24)28/h1-6,13-15,31-32H,7-12H2,(H2,29,33)(H,30,34). The van der Waals surface area contributed by atoms with Crippen molar-refractivity contribution in [3.05, 3.63) is 82.4 Å². The second kappa shape index (κ2) is 10.6. The molecule has 5 N–H and O–H groups in total. The van der Waals surface area contributed by atoms with Gasteiger partial charge >= 0.3 is 5.97 Å². The van der Waals surface area contributed by atoms with Gasteiger partial charge in [-0.25, -0.2) is 4.79 Å². The van der Waals surface area contributed by atoms with Crippen molar-refractivity contribution in [3.63, 3.8) is 0 Å². The number of hydrogen-bond acceptors (Lipinski definition) is 9. The SMILES string of the molecule is NC(=O)CCOCCOCCNC(=O)c1ccc2c(c1)C(=O)OC21c2ccc(O)cc2Oc2cc(O)ccc21. The van der Waals surface area contributed by atoms with Gasteiger partial charge in [0.25, 0.3) is 5.91 Å². The van der Waals surface area contributed by atoms with Gasteiger partial charge in [-0.3, -0.25) is 9.59 Å². The van der Waals surface area contributed by atoms with Crippen LogP contribution in [0.2, 0.25) is 0 Å². The number of nitrogens with two attached hydrogens (primary N) is 1. The highest BCUT2D eigenvalue weighted by atomic mass is 16.6. The molecular formula is C28H26N2O9. The van der Waals surface area contributed by atoms with Crippen LogP contribution in [0, 0.1) is 0 Å². The molecule has 2 aliphatic rings. The lowest BCUT2D eigenvalue weighted by Crippen LogP contribution is -2.33. The maximum atomic E-state index is 13.2. The number of phenolic OH excluding ortho intramolecular Hbond substituents is 2. The smallest absolute Gasteiger partial charge is 0.340 e. The lowest BCUT2D eigenvalue weighted by atomic mass is 9.77. The molecule has 0 unspecified atom stereocenters. The Balaban J connectivity index is 1.32. The van der Waals surface area contributed by atoms with Crippen LogP contribution in [-0.4, -0.2) is 61.0 Å². The van der Waals surface area contributed by atoms with Crippen molar-refractivity contribution in [2.24, 2.45) is 5.73 Å². The third-order valence-electron chi connectivity index (χ3n) is 6.43. The van der Waals surface area contributed by atoms with Crippen molar-refractivity contribution >= 4 is 17.8 Å². The van der Waals surface area contributed by atoms with Crippen LogP contribution in [0.15, 0.2) is 54.6 Å². The molecule has 11 heteroatoms. The number of phenols is 2. The van der Waals surface area contributed by atoms with Gasteiger partial charge in [-0.2, -0.15) is 0 Å². The van der Waals surface area contributed by atoms with E-state index in [9.17, 15) is 24.6 Å². The summed E-state index contributed by atoms with van der Waals surface area (Å²) in [4.78, 5) is 36.6. The molecule has 39 heavy (non-hydrogen) atoms. The van der Waals surface area contributed by atoms with Gasteiger partial charge in [0.15, 0.2) is 5.60 Å². The lowest BCUT2D eigenvalue weighted by molar-refractivity contribution is -0.119. The van der Waals surface area contributed by atoms with E-state index >= 15 is 0 Å². The lowest BCUT2D eigenvalue weighted by Gasteiger charge is -2.36. The normalized spacial score (nSPS) is 14.1. The molecule has 11 nitrogen and oxygen atoms in total. The number of fused-ring (bicyclic) bond motifs is 6. The molecule has 0 atom stereocenters. The van der Waals surface area contributed by atoms with Gasteiger partial charge in [0.2, 0.25) is 5.91 Å². The van der Waals surface area contributed by atoms with E-state index < -0.39 is 23.4 Å². The largest absolute Gasteiger partial charge is 0.508 e. The molecule has 1 spiro atoms. The first-order chi connectivity index (χ1) is 18.8. The zero-order valence-corrected chi connectivity index (χ0v) is 20.8. The summed E-state index contributed by atoms with van der Waals surface area (Å²) in [5.74, 6) is -0.985. The molecule has 2 heterocycles. The van der Waals surface area contributed by atoms with Gasteiger partial charge < -0.3 is 40.2 Å². The molecular weight excluding hydrogens is 508 g/mol. The second-order valence-corrected chi connectivity index (χ2v) is 8.99. The molecule has 0 aliphatic carbocycles. The minimum Gasteiger partial charge on any atom is -0.508 e. The molecule has 2 amide bonds. The topological polar surface area (TPSA) is 167 Å². The molecule has 0 saturated heterocycles. The molecule has 3 aromatic rings. The van der Waals surface area contributed by atoms with Crippen molar-refractivity contribution in [1.29, 1.82) is 0 Å². The summed E-state index contributed by atoms with van der Waals surface area (Å²) in [7, 11) is 0. The summed E-state index contributed by atoms with van der Waals surface area (Å²) in [6.45, 7) is 1.30. The molecule has 0 saturated carbocycles. The van der Waals surface area contributed by atoms with E-state index in [1.165, 1.54) is 30.3 Å². The van der Waals surface area contributed by atoms with Crippen LogP contribution in [0.4, 0.5) is 0 Å². The zero-order valence-electron chi connectivity index (χ0n) is 20.8. The first kappa shape index (κ1) is 26.0. The summed E-state index contributed by atoms with van der Waals surface area (Å²) >= 11 is 0.